The lowest BCUT2D eigenvalue weighted by atomic mass is 9.46. The van der Waals surface area contributed by atoms with E-state index in [9.17, 15) is 9.59 Å². The van der Waals surface area contributed by atoms with Gasteiger partial charge in [-0.25, -0.2) is 0 Å². The fraction of sp³-hybridized carbons (Fsp3) is 0.857. The van der Waals surface area contributed by atoms with Crippen LogP contribution in [0.4, 0.5) is 0 Å². The Hall–Kier alpha value is -1.10. The highest BCUT2D eigenvalue weighted by Gasteiger charge is 2.52. The Morgan fingerprint density at radius 1 is 1.16 bits per heavy atom. The quantitative estimate of drug-likeness (QED) is 0.726. The molecule has 2 bridgehead atoms. The van der Waals surface area contributed by atoms with Crippen molar-refractivity contribution in [1.82, 2.24) is 5.32 Å². The first-order chi connectivity index (χ1) is 8.75. The van der Waals surface area contributed by atoms with E-state index in [0.29, 0.717) is 5.41 Å². The first-order valence-electron chi connectivity index (χ1n) is 6.89. The minimum atomic E-state index is -1.06. The number of hydrogen-bond acceptors (Lipinski definition) is 3. The van der Waals surface area contributed by atoms with Crippen molar-refractivity contribution in [2.45, 2.75) is 40.0 Å². The number of nitrogens with one attached hydrogen (secondary N) is 1. The number of hydrogen-bond donors (Lipinski definition) is 3. The summed E-state index contributed by atoms with van der Waals surface area (Å²) in [5.41, 5.74) is 0.706. The summed E-state index contributed by atoms with van der Waals surface area (Å²) < 4.78 is 0. The lowest BCUT2D eigenvalue weighted by Crippen LogP contribution is -2.51. The van der Waals surface area contributed by atoms with E-state index in [-0.39, 0.29) is 13.1 Å². The van der Waals surface area contributed by atoms with Crippen LogP contribution in [0.3, 0.4) is 0 Å². The minimum Gasteiger partial charge on any atom is -0.480 e. The van der Waals surface area contributed by atoms with Crippen LogP contribution in [0.25, 0.3) is 0 Å². The van der Waals surface area contributed by atoms with Crippen molar-refractivity contribution < 1.29 is 19.8 Å². The predicted octanol–water partition coefficient (Wildman–Crippen LogP) is 1.82. The summed E-state index contributed by atoms with van der Waals surface area (Å²) in [6.45, 7) is 6.73. The van der Waals surface area contributed by atoms with Gasteiger partial charge in [-0.15, -0.1) is 0 Å². The molecular formula is C14H25NO4. The second-order valence-corrected chi connectivity index (χ2v) is 6.31. The van der Waals surface area contributed by atoms with Crippen molar-refractivity contribution in [2.75, 3.05) is 13.1 Å². The molecule has 3 aliphatic rings. The van der Waals surface area contributed by atoms with Gasteiger partial charge in [0.05, 0.1) is 13.1 Å². The fourth-order valence-electron chi connectivity index (χ4n) is 3.45. The Balaban J connectivity index is 0.000000192. The van der Waals surface area contributed by atoms with Crippen LogP contribution in [-0.2, 0) is 9.59 Å². The fourth-order valence-corrected chi connectivity index (χ4v) is 3.45. The Kier molecular flexibility index (Phi) is 5.35. The monoisotopic (exact) mass is 271 g/mol. The summed E-state index contributed by atoms with van der Waals surface area (Å²) in [4.78, 5) is 19.5. The maximum absolute atomic E-state index is 9.73. The largest absolute Gasteiger partial charge is 0.480 e. The average molecular weight is 271 g/mol. The molecule has 3 unspecified atom stereocenters. The van der Waals surface area contributed by atoms with Gasteiger partial charge in [0.2, 0.25) is 0 Å². The number of carboxylic acids is 2. The van der Waals surface area contributed by atoms with Crippen LogP contribution < -0.4 is 5.32 Å². The average Bonchev–Trinajstić information content (AvgIpc) is 2.28. The van der Waals surface area contributed by atoms with Crippen LogP contribution in [0.1, 0.15) is 40.0 Å². The second-order valence-electron chi connectivity index (χ2n) is 6.31. The molecular weight excluding hydrogens is 246 g/mol. The minimum absolute atomic E-state index is 0.313. The van der Waals surface area contributed by atoms with Crippen LogP contribution in [0.5, 0.6) is 0 Å². The van der Waals surface area contributed by atoms with Crippen molar-refractivity contribution in [3.63, 3.8) is 0 Å². The van der Waals surface area contributed by atoms with Gasteiger partial charge >= 0.3 is 11.9 Å². The SMILES string of the molecule is CC1CCC2CC1C2(C)C.O=C(O)CNCC(=O)O. The zero-order valence-corrected chi connectivity index (χ0v) is 12.0. The van der Waals surface area contributed by atoms with Crippen molar-refractivity contribution in [2.24, 2.45) is 23.2 Å². The van der Waals surface area contributed by atoms with Crippen LogP contribution in [0.2, 0.25) is 0 Å². The molecule has 0 radical (unpaired) electrons. The van der Waals surface area contributed by atoms with Gasteiger partial charge in [-0.05, 0) is 36.0 Å². The molecule has 3 fully saturated rings. The molecule has 3 aliphatic carbocycles. The third-order valence-electron chi connectivity index (χ3n) is 4.76. The molecule has 0 aliphatic heterocycles. The van der Waals surface area contributed by atoms with Gasteiger partial charge in [0.1, 0.15) is 0 Å². The molecule has 0 amide bonds. The molecule has 3 saturated carbocycles. The zero-order valence-electron chi connectivity index (χ0n) is 12.0. The van der Waals surface area contributed by atoms with E-state index < -0.39 is 11.9 Å². The third-order valence-corrected chi connectivity index (χ3v) is 4.76. The van der Waals surface area contributed by atoms with E-state index in [0.717, 1.165) is 17.8 Å². The van der Waals surface area contributed by atoms with Crippen LogP contribution in [0, 0.1) is 23.2 Å². The molecule has 0 aromatic rings. The van der Waals surface area contributed by atoms with Crippen LogP contribution in [0.15, 0.2) is 0 Å². The maximum Gasteiger partial charge on any atom is 0.317 e. The number of rotatable bonds is 4. The van der Waals surface area contributed by atoms with Crippen molar-refractivity contribution in [1.29, 1.82) is 0 Å². The van der Waals surface area contributed by atoms with E-state index in [1.54, 1.807) is 0 Å². The topological polar surface area (TPSA) is 86.6 Å². The van der Waals surface area contributed by atoms with Crippen molar-refractivity contribution >= 4 is 11.9 Å². The van der Waals surface area contributed by atoms with Gasteiger partial charge in [0, 0.05) is 0 Å². The Morgan fingerprint density at radius 2 is 1.68 bits per heavy atom. The third kappa shape index (κ3) is 4.20. The molecule has 0 aromatic heterocycles. The van der Waals surface area contributed by atoms with E-state index in [4.69, 9.17) is 10.2 Å². The summed E-state index contributed by atoms with van der Waals surface area (Å²) >= 11 is 0. The summed E-state index contributed by atoms with van der Waals surface area (Å²) in [5.74, 6) is 1.03. The Labute approximate surface area is 114 Å². The molecule has 3 atom stereocenters. The van der Waals surface area contributed by atoms with Gasteiger partial charge < -0.3 is 10.2 Å². The lowest BCUT2D eigenvalue weighted by Gasteiger charge is -2.59. The van der Waals surface area contributed by atoms with Gasteiger partial charge in [-0.3, -0.25) is 14.9 Å². The summed E-state index contributed by atoms with van der Waals surface area (Å²) in [6.07, 6.45) is 4.54. The summed E-state index contributed by atoms with van der Waals surface area (Å²) in [7, 11) is 0. The summed E-state index contributed by atoms with van der Waals surface area (Å²) in [5, 5.41) is 18.1. The van der Waals surface area contributed by atoms with Gasteiger partial charge in [0.15, 0.2) is 0 Å². The number of carbonyl (C=O) groups is 2. The van der Waals surface area contributed by atoms with E-state index in [1.807, 2.05) is 0 Å². The molecule has 3 rings (SSSR count). The van der Waals surface area contributed by atoms with Gasteiger partial charge in [-0.1, -0.05) is 27.2 Å². The van der Waals surface area contributed by atoms with Gasteiger partial charge in [0.25, 0.3) is 0 Å². The molecule has 3 N–H and O–H groups in total. The standard InChI is InChI=1S/C10H18.C4H7NO4/c1-7-4-5-8-6-9(7)10(8,2)3;6-3(7)1-5-2-4(8)9/h7-9H,4-6H2,1-3H3;5H,1-2H2,(H,6,7)(H,8,9). The number of fused-ring (bicyclic) bond motifs is 2. The number of carboxylic acid groups (broad SMARTS) is 2. The highest BCUT2D eigenvalue weighted by Crippen LogP contribution is 2.61. The smallest absolute Gasteiger partial charge is 0.317 e. The van der Waals surface area contributed by atoms with E-state index >= 15 is 0 Å². The second kappa shape index (κ2) is 6.37. The molecule has 5 nitrogen and oxygen atoms in total. The molecule has 19 heavy (non-hydrogen) atoms. The Bertz CT molecular complexity index is 324. The normalized spacial score (nSPS) is 30.6. The molecule has 0 spiro atoms. The van der Waals surface area contributed by atoms with Crippen LogP contribution in [-0.4, -0.2) is 35.2 Å². The molecule has 110 valence electrons. The summed E-state index contributed by atoms with van der Waals surface area (Å²) in [6, 6.07) is 0. The maximum atomic E-state index is 9.73. The highest BCUT2D eigenvalue weighted by molar-refractivity contribution is 5.72. The first kappa shape index (κ1) is 16.0. The first-order valence-corrected chi connectivity index (χ1v) is 6.89. The Morgan fingerprint density at radius 3 is 1.95 bits per heavy atom. The molecule has 5 heteroatoms. The predicted molar refractivity (Wildman–Crippen MR) is 71.9 cm³/mol. The van der Waals surface area contributed by atoms with Gasteiger partial charge in [-0.2, -0.15) is 0 Å². The zero-order chi connectivity index (χ0) is 14.6. The van der Waals surface area contributed by atoms with Crippen LogP contribution >= 0.6 is 0 Å². The number of aliphatic carboxylic acids is 2. The molecule has 0 saturated heterocycles. The van der Waals surface area contributed by atoms with Crippen molar-refractivity contribution in [3.8, 4) is 0 Å². The molecule has 0 heterocycles. The molecule has 0 aromatic carbocycles. The lowest BCUT2D eigenvalue weighted by molar-refractivity contribution is -0.137. The van der Waals surface area contributed by atoms with Crippen molar-refractivity contribution in [3.05, 3.63) is 0 Å². The van der Waals surface area contributed by atoms with E-state index in [1.165, 1.54) is 19.3 Å². The van der Waals surface area contributed by atoms with E-state index in [2.05, 4.69) is 26.1 Å². The highest BCUT2D eigenvalue weighted by atomic mass is 16.4.